The van der Waals surface area contributed by atoms with Gasteiger partial charge in [-0.25, -0.2) is 4.98 Å². The van der Waals surface area contributed by atoms with Crippen molar-refractivity contribution in [3.63, 3.8) is 0 Å². The summed E-state index contributed by atoms with van der Waals surface area (Å²) in [7, 11) is 1.51. The van der Waals surface area contributed by atoms with Crippen molar-refractivity contribution in [3.8, 4) is 17.0 Å². The van der Waals surface area contributed by atoms with Crippen molar-refractivity contribution in [2.45, 2.75) is 44.9 Å². The van der Waals surface area contributed by atoms with E-state index in [1.807, 2.05) is 38.2 Å². The molecule has 2 aromatic heterocycles. The zero-order valence-corrected chi connectivity index (χ0v) is 21.3. The highest BCUT2D eigenvalue weighted by atomic mass is 16.5. The third-order valence-electron chi connectivity index (χ3n) is 6.95. The van der Waals surface area contributed by atoms with E-state index in [4.69, 9.17) is 9.26 Å². The SMILES string of the molecule is COc1cc(C(C(=O)N2C[C@H](O)C[C@H]2c2nccn2Cc2cccc(-c3ccccc3)c2)C(C)C)on1. The minimum Gasteiger partial charge on any atom is -0.479 e. The predicted molar refractivity (Wildman–Crippen MR) is 139 cm³/mol. The smallest absolute Gasteiger partial charge is 0.254 e. The first-order valence-electron chi connectivity index (χ1n) is 12.6. The Balaban J connectivity index is 1.41. The fourth-order valence-corrected chi connectivity index (χ4v) is 5.16. The molecule has 1 amide bonds. The minimum absolute atomic E-state index is 0.0379. The van der Waals surface area contributed by atoms with Gasteiger partial charge in [-0.05, 0) is 33.8 Å². The summed E-state index contributed by atoms with van der Waals surface area (Å²) in [5.41, 5.74) is 3.44. The van der Waals surface area contributed by atoms with E-state index in [9.17, 15) is 9.90 Å². The van der Waals surface area contributed by atoms with Crippen molar-refractivity contribution in [2.75, 3.05) is 13.7 Å². The summed E-state index contributed by atoms with van der Waals surface area (Å²) in [5.74, 6) is 0.848. The molecule has 8 heteroatoms. The van der Waals surface area contributed by atoms with Crippen LogP contribution in [0.15, 0.2) is 77.6 Å². The number of imidazole rings is 1. The number of rotatable bonds is 8. The molecular weight excluding hydrogens is 468 g/mol. The second-order valence-electron chi connectivity index (χ2n) is 9.87. The molecule has 5 rings (SSSR count). The van der Waals surface area contributed by atoms with Crippen LogP contribution >= 0.6 is 0 Å². The van der Waals surface area contributed by atoms with E-state index in [0.29, 0.717) is 24.6 Å². The molecule has 1 unspecified atom stereocenters. The molecule has 4 aromatic rings. The van der Waals surface area contributed by atoms with Gasteiger partial charge in [0.15, 0.2) is 5.76 Å². The number of amides is 1. The van der Waals surface area contributed by atoms with Crippen LogP contribution in [0.3, 0.4) is 0 Å². The lowest BCUT2D eigenvalue weighted by atomic mass is 9.91. The molecule has 8 nitrogen and oxygen atoms in total. The summed E-state index contributed by atoms with van der Waals surface area (Å²) >= 11 is 0. The largest absolute Gasteiger partial charge is 0.479 e. The van der Waals surface area contributed by atoms with Gasteiger partial charge in [-0.15, -0.1) is 0 Å². The van der Waals surface area contributed by atoms with E-state index in [1.165, 1.54) is 7.11 Å². The molecule has 1 fully saturated rings. The minimum atomic E-state index is -0.627. The molecule has 192 valence electrons. The number of aliphatic hydroxyl groups is 1. The summed E-state index contributed by atoms with van der Waals surface area (Å²) in [6, 6.07) is 20.0. The van der Waals surface area contributed by atoms with Gasteiger partial charge in [-0.1, -0.05) is 62.4 Å². The van der Waals surface area contributed by atoms with E-state index in [0.717, 1.165) is 22.5 Å². The van der Waals surface area contributed by atoms with Crippen LogP contribution in [0, 0.1) is 5.92 Å². The Morgan fingerprint density at radius 3 is 2.65 bits per heavy atom. The van der Waals surface area contributed by atoms with Gasteiger partial charge in [0.05, 0.1) is 19.3 Å². The molecule has 2 aromatic carbocycles. The Labute approximate surface area is 216 Å². The number of hydrogen-bond donors (Lipinski definition) is 1. The van der Waals surface area contributed by atoms with Crippen LogP contribution in [0.5, 0.6) is 5.88 Å². The average Bonchev–Trinajstić information content (AvgIpc) is 3.64. The maximum Gasteiger partial charge on any atom is 0.254 e. The third-order valence-corrected chi connectivity index (χ3v) is 6.95. The lowest BCUT2D eigenvalue weighted by Gasteiger charge is -2.29. The molecular formula is C29H32N4O4. The molecule has 0 spiro atoms. The van der Waals surface area contributed by atoms with Crippen molar-refractivity contribution in [3.05, 3.63) is 90.2 Å². The number of benzene rings is 2. The summed E-state index contributed by atoms with van der Waals surface area (Å²) < 4.78 is 12.7. The van der Waals surface area contributed by atoms with Crippen LogP contribution in [0.2, 0.25) is 0 Å². The molecule has 3 atom stereocenters. The van der Waals surface area contributed by atoms with Gasteiger partial charge in [-0.2, -0.15) is 0 Å². The Morgan fingerprint density at radius 2 is 1.92 bits per heavy atom. The fourth-order valence-electron chi connectivity index (χ4n) is 5.16. The first kappa shape index (κ1) is 24.8. The summed E-state index contributed by atoms with van der Waals surface area (Å²) in [6.07, 6.45) is 3.49. The number of hydrogen-bond acceptors (Lipinski definition) is 6. The number of aliphatic hydroxyl groups excluding tert-OH is 1. The van der Waals surface area contributed by atoms with Crippen molar-refractivity contribution < 1.29 is 19.2 Å². The lowest BCUT2D eigenvalue weighted by molar-refractivity contribution is -0.135. The molecule has 37 heavy (non-hydrogen) atoms. The summed E-state index contributed by atoms with van der Waals surface area (Å²) in [6.45, 7) is 4.80. The quantitative estimate of drug-likeness (QED) is 0.378. The highest BCUT2D eigenvalue weighted by molar-refractivity contribution is 5.84. The topological polar surface area (TPSA) is 93.6 Å². The van der Waals surface area contributed by atoms with Crippen LogP contribution in [0.25, 0.3) is 11.1 Å². The Hall–Kier alpha value is -3.91. The average molecular weight is 501 g/mol. The zero-order chi connectivity index (χ0) is 25.9. The monoisotopic (exact) mass is 500 g/mol. The van der Waals surface area contributed by atoms with Gasteiger partial charge in [0.1, 0.15) is 11.7 Å². The molecule has 3 heterocycles. The molecule has 1 N–H and O–H groups in total. The van der Waals surface area contributed by atoms with Gasteiger partial charge in [0, 0.05) is 38.0 Å². The predicted octanol–water partition coefficient (Wildman–Crippen LogP) is 4.67. The van der Waals surface area contributed by atoms with Crippen molar-refractivity contribution in [2.24, 2.45) is 5.92 Å². The van der Waals surface area contributed by atoms with Crippen LogP contribution in [0.4, 0.5) is 0 Å². The van der Waals surface area contributed by atoms with Crippen LogP contribution in [0.1, 0.15) is 49.4 Å². The van der Waals surface area contributed by atoms with Crippen LogP contribution in [-0.2, 0) is 11.3 Å². The van der Waals surface area contributed by atoms with Gasteiger partial charge < -0.3 is 23.8 Å². The first-order chi connectivity index (χ1) is 17.9. The summed E-state index contributed by atoms with van der Waals surface area (Å²) in [4.78, 5) is 20.2. The number of methoxy groups -OCH3 is 1. The van der Waals surface area contributed by atoms with E-state index < -0.39 is 12.0 Å². The second-order valence-corrected chi connectivity index (χ2v) is 9.87. The van der Waals surface area contributed by atoms with E-state index in [1.54, 1.807) is 17.2 Å². The number of likely N-dealkylation sites (tertiary alicyclic amines) is 1. The number of aromatic nitrogens is 3. The van der Waals surface area contributed by atoms with E-state index in [2.05, 4.69) is 51.1 Å². The molecule has 1 saturated heterocycles. The third kappa shape index (κ3) is 5.15. The Kier molecular flexibility index (Phi) is 7.10. The first-order valence-corrected chi connectivity index (χ1v) is 12.6. The fraction of sp³-hybridized carbons (Fsp3) is 0.345. The maximum absolute atomic E-state index is 13.9. The number of carbonyl (C=O) groups excluding carboxylic acids is 1. The standard InChI is InChI=1S/C29H32N4O4/c1-19(2)27(25-16-26(36-3)31-37-25)29(35)33-18-23(34)15-24(33)28-30-12-13-32(28)17-20-8-7-11-22(14-20)21-9-5-4-6-10-21/h4-14,16,19,23-24,27,34H,15,17-18H2,1-3H3/t23-,24+,27?/m1/s1. The van der Waals surface area contributed by atoms with Gasteiger partial charge >= 0.3 is 0 Å². The van der Waals surface area contributed by atoms with Crippen LogP contribution < -0.4 is 4.74 Å². The molecule has 0 saturated carbocycles. The zero-order valence-electron chi connectivity index (χ0n) is 21.3. The summed E-state index contributed by atoms with van der Waals surface area (Å²) in [5, 5.41) is 14.5. The van der Waals surface area contributed by atoms with Gasteiger partial charge in [-0.3, -0.25) is 4.79 Å². The lowest BCUT2D eigenvalue weighted by Crippen LogP contribution is -2.38. The Morgan fingerprint density at radius 1 is 1.14 bits per heavy atom. The Bertz CT molecular complexity index is 1350. The van der Waals surface area contributed by atoms with Crippen LogP contribution in [-0.4, -0.2) is 50.4 Å². The number of nitrogens with zero attached hydrogens (tertiary/aromatic N) is 4. The molecule has 0 bridgehead atoms. The normalized spacial score (nSPS) is 18.4. The number of ether oxygens (including phenoxy) is 1. The van der Waals surface area contributed by atoms with Crippen molar-refractivity contribution >= 4 is 5.91 Å². The second kappa shape index (κ2) is 10.6. The number of carbonyl (C=O) groups is 1. The molecule has 1 aliphatic rings. The molecule has 1 aliphatic heterocycles. The van der Waals surface area contributed by atoms with Gasteiger partial charge in [0.2, 0.25) is 5.91 Å². The highest BCUT2D eigenvalue weighted by Gasteiger charge is 2.42. The van der Waals surface area contributed by atoms with Gasteiger partial charge in [0.25, 0.3) is 5.88 Å². The molecule has 0 radical (unpaired) electrons. The van der Waals surface area contributed by atoms with E-state index >= 15 is 0 Å². The highest BCUT2D eigenvalue weighted by Crippen LogP contribution is 2.37. The van der Waals surface area contributed by atoms with E-state index in [-0.39, 0.29) is 24.4 Å². The van der Waals surface area contributed by atoms with Crippen molar-refractivity contribution in [1.29, 1.82) is 0 Å². The maximum atomic E-state index is 13.9. The molecule has 0 aliphatic carbocycles. The number of β-amino-alcohol motifs (C(OH)–C–C–N with tert-alkyl or cyclic N) is 1. The van der Waals surface area contributed by atoms with Crippen molar-refractivity contribution in [1.82, 2.24) is 19.6 Å².